The van der Waals surface area contributed by atoms with E-state index in [0.29, 0.717) is 30.4 Å². The van der Waals surface area contributed by atoms with Gasteiger partial charge < -0.3 is 10.1 Å². The van der Waals surface area contributed by atoms with Gasteiger partial charge in [-0.2, -0.15) is 0 Å². The van der Waals surface area contributed by atoms with Gasteiger partial charge in [0, 0.05) is 6.04 Å². The summed E-state index contributed by atoms with van der Waals surface area (Å²) in [6.45, 7) is 7.81. The van der Waals surface area contributed by atoms with Crippen LogP contribution in [0.4, 0.5) is 0 Å². The van der Waals surface area contributed by atoms with Crippen LogP contribution in [0.3, 0.4) is 0 Å². The Labute approximate surface area is 104 Å². The summed E-state index contributed by atoms with van der Waals surface area (Å²) in [5, 5.41) is 3.60. The first-order valence-corrected chi connectivity index (χ1v) is 7.03. The molecule has 2 aliphatic carbocycles. The van der Waals surface area contributed by atoms with Crippen LogP contribution in [0.1, 0.15) is 40.0 Å². The topological polar surface area (TPSA) is 38.3 Å². The van der Waals surface area contributed by atoms with Crippen LogP contribution >= 0.6 is 0 Å². The second-order valence-electron chi connectivity index (χ2n) is 5.94. The molecular formula is C14H25NO2. The van der Waals surface area contributed by atoms with Gasteiger partial charge in [-0.25, -0.2) is 0 Å². The molecule has 98 valence electrons. The van der Waals surface area contributed by atoms with E-state index in [1.165, 1.54) is 19.3 Å². The maximum Gasteiger partial charge on any atom is 0.310 e. The summed E-state index contributed by atoms with van der Waals surface area (Å²) in [4.78, 5) is 12.0. The largest absolute Gasteiger partial charge is 0.466 e. The molecule has 3 nitrogen and oxygen atoms in total. The van der Waals surface area contributed by atoms with Crippen molar-refractivity contribution in [3.8, 4) is 0 Å². The lowest BCUT2D eigenvalue weighted by Crippen LogP contribution is -2.46. The first kappa shape index (κ1) is 12.9. The van der Waals surface area contributed by atoms with Crippen molar-refractivity contribution in [2.75, 3.05) is 13.2 Å². The second kappa shape index (κ2) is 5.38. The number of ether oxygens (including phenoxy) is 1. The van der Waals surface area contributed by atoms with E-state index in [2.05, 4.69) is 19.2 Å². The number of hydrogen-bond donors (Lipinski definition) is 1. The minimum atomic E-state index is 0.0287. The zero-order valence-corrected chi connectivity index (χ0v) is 11.2. The van der Waals surface area contributed by atoms with Crippen molar-refractivity contribution in [1.29, 1.82) is 0 Å². The molecule has 0 spiro atoms. The molecule has 0 amide bonds. The van der Waals surface area contributed by atoms with E-state index in [4.69, 9.17) is 4.74 Å². The molecule has 0 radical (unpaired) electrons. The highest BCUT2D eigenvalue weighted by molar-refractivity contribution is 5.74. The molecule has 17 heavy (non-hydrogen) atoms. The molecule has 2 bridgehead atoms. The Kier molecular flexibility index (Phi) is 4.08. The zero-order valence-electron chi connectivity index (χ0n) is 11.2. The molecule has 0 aliphatic heterocycles. The summed E-state index contributed by atoms with van der Waals surface area (Å²) >= 11 is 0. The van der Waals surface area contributed by atoms with Gasteiger partial charge in [-0.1, -0.05) is 13.8 Å². The van der Waals surface area contributed by atoms with Crippen molar-refractivity contribution in [1.82, 2.24) is 5.32 Å². The van der Waals surface area contributed by atoms with Gasteiger partial charge in [0.05, 0.1) is 12.5 Å². The molecular weight excluding hydrogens is 214 g/mol. The molecule has 0 saturated heterocycles. The molecule has 3 heteroatoms. The summed E-state index contributed by atoms with van der Waals surface area (Å²) in [6, 6.07) is 0.371. The van der Waals surface area contributed by atoms with Crippen molar-refractivity contribution in [3.05, 3.63) is 0 Å². The lowest BCUT2D eigenvalue weighted by atomic mass is 9.84. The molecule has 2 fully saturated rings. The Morgan fingerprint density at radius 3 is 2.71 bits per heavy atom. The molecule has 0 aromatic rings. The van der Waals surface area contributed by atoms with Crippen LogP contribution < -0.4 is 5.32 Å². The lowest BCUT2D eigenvalue weighted by Gasteiger charge is -2.30. The van der Waals surface area contributed by atoms with Gasteiger partial charge in [0.1, 0.15) is 0 Å². The highest BCUT2D eigenvalue weighted by Crippen LogP contribution is 2.48. The van der Waals surface area contributed by atoms with Gasteiger partial charge in [-0.3, -0.25) is 4.79 Å². The third-order valence-electron chi connectivity index (χ3n) is 4.24. The normalized spacial score (nSPS) is 35.5. The third-order valence-corrected chi connectivity index (χ3v) is 4.24. The minimum Gasteiger partial charge on any atom is -0.466 e. The molecule has 0 aromatic heterocycles. The predicted octanol–water partition coefficient (Wildman–Crippen LogP) is 2.21. The maximum atomic E-state index is 12.0. The summed E-state index contributed by atoms with van der Waals surface area (Å²) in [5.74, 6) is 2.06. The molecule has 0 heterocycles. The van der Waals surface area contributed by atoms with E-state index in [-0.39, 0.29) is 11.9 Å². The van der Waals surface area contributed by atoms with E-state index in [1.807, 2.05) is 6.92 Å². The fraction of sp³-hybridized carbons (Fsp3) is 0.929. The second-order valence-corrected chi connectivity index (χ2v) is 5.94. The van der Waals surface area contributed by atoms with Gasteiger partial charge in [-0.15, -0.1) is 0 Å². The van der Waals surface area contributed by atoms with Crippen LogP contribution in [0.25, 0.3) is 0 Å². The average Bonchev–Trinajstić information content (AvgIpc) is 2.86. The monoisotopic (exact) mass is 239 g/mol. The Morgan fingerprint density at radius 1 is 1.35 bits per heavy atom. The number of rotatable bonds is 5. The van der Waals surface area contributed by atoms with Crippen LogP contribution in [-0.2, 0) is 9.53 Å². The highest BCUT2D eigenvalue weighted by atomic mass is 16.5. The van der Waals surface area contributed by atoms with Gasteiger partial charge >= 0.3 is 5.97 Å². The third kappa shape index (κ3) is 2.65. The van der Waals surface area contributed by atoms with Crippen LogP contribution in [-0.4, -0.2) is 25.2 Å². The number of esters is 1. The van der Waals surface area contributed by atoms with Gasteiger partial charge in [-0.05, 0) is 50.5 Å². The smallest absolute Gasteiger partial charge is 0.310 e. The van der Waals surface area contributed by atoms with Crippen LogP contribution in [0.2, 0.25) is 0 Å². The quantitative estimate of drug-likeness (QED) is 0.748. The van der Waals surface area contributed by atoms with E-state index in [1.54, 1.807) is 0 Å². The number of nitrogens with one attached hydrogen (secondary N) is 1. The van der Waals surface area contributed by atoms with Gasteiger partial charge in [0.25, 0.3) is 0 Å². The van der Waals surface area contributed by atoms with Crippen LogP contribution in [0.15, 0.2) is 0 Å². The standard InChI is InChI=1S/C14H25NO2/c1-4-17-14(16)12-10-5-6-11(7-10)13(12)15-8-9(2)3/h9-13,15H,4-8H2,1-3H3/t10-,11+,12?,13?/m1/s1. The van der Waals surface area contributed by atoms with E-state index in [0.717, 1.165) is 6.54 Å². The molecule has 2 unspecified atom stereocenters. The molecule has 2 saturated carbocycles. The highest BCUT2D eigenvalue weighted by Gasteiger charge is 2.51. The summed E-state index contributed by atoms with van der Waals surface area (Å²) < 4.78 is 5.24. The Balaban J connectivity index is 1.98. The van der Waals surface area contributed by atoms with Crippen molar-refractivity contribution in [3.63, 3.8) is 0 Å². The summed E-state index contributed by atoms with van der Waals surface area (Å²) in [5.41, 5.74) is 0. The van der Waals surface area contributed by atoms with E-state index >= 15 is 0 Å². The first-order valence-electron chi connectivity index (χ1n) is 7.03. The van der Waals surface area contributed by atoms with Gasteiger partial charge in [0.2, 0.25) is 0 Å². The van der Waals surface area contributed by atoms with Crippen molar-refractivity contribution in [2.45, 2.75) is 46.1 Å². The number of carbonyl (C=O) groups excluding carboxylic acids is 1. The number of fused-ring (bicyclic) bond motifs is 2. The predicted molar refractivity (Wildman–Crippen MR) is 67.6 cm³/mol. The van der Waals surface area contributed by atoms with Crippen LogP contribution in [0, 0.1) is 23.7 Å². The molecule has 0 aromatic carbocycles. The fourth-order valence-electron chi connectivity index (χ4n) is 3.53. The number of carbonyl (C=O) groups is 1. The SMILES string of the molecule is CCOC(=O)C1C(NCC(C)C)[C@H]2CC[C@@H]1C2. The lowest BCUT2D eigenvalue weighted by molar-refractivity contribution is -0.150. The van der Waals surface area contributed by atoms with E-state index < -0.39 is 0 Å². The Hall–Kier alpha value is -0.570. The maximum absolute atomic E-state index is 12.0. The zero-order chi connectivity index (χ0) is 12.4. The van der Waals surface area contributed by atoms with Crippen molar-refractivity contribution >= 4 is 5.97 Å². The minimum absolute atomic E-state index is 0.0287. The number of hydrogen-bond acceptors (Lipinski definition) is 3. The summed E-state index contributed by atoms with van der Waals surface area (Å²) in [6.07, 6.45) is 3.73. The van der Waals surface area contributed by atoms with Crippen molar-refractivity contribution in [2.24, 2.45) is 23.7 Å². The van der Waals surface area contributed by atoms with Crippen LogP contribution in [0.5, 0.6) is 0 Å². The molecule has 2 rings (SSSR count). The Bertz CT molecular complexity index is 277. The Morgan fingerprint density at radius 2 is 2.06 bits per heavy atom. The average molecular weight is 239 g/mol. The molecule has 4 atom stereocenters. The van der Waals surface area contributed by atoms with E-state index in [9.17, 15) is 4.79 Å². The fourth-order valence-corrected chi connectivity index (χ4v) is 3.53. The first-order chi connectivity index (χ1) is 8.13. The summed E-state index contributed by atoms with van der Waals surface area (Å²) in [7, 11) is 0. The molecule has 2 aliphatic rings. The molecule has 1 N–H and O–H groups in total. The van der Waals surface area contributed by atoms with Crippen molar-refractivity contribution < 1.29 is 9.53 Å². The van der Waals surface area contributed by atoms with Gasteiger partial charge in [0.15, 0.2) is 0 Å².